The number of nitrogens with one attached hydrogen (secondary N) is 1. The topological polar surface area (TPSA) is 78.9 Å². The van der Waals surface area contributed by atoms with E-state index in [4.69, 9.17) is 9.84 Å². The molecule has 1 aliphatic rings. The minimum absolute atomic E-state index is 0.0913. The first kappa shape index (κ1) is 14.3. The van der Waals surface area contributed by atoms with E-state index in [0.717, 1.165) is 6.42 Å². The standard InChI is InChI=1S/C14H18N2O4/c1-9-7-10(13(17)18)3-4-12(9)15-14(19)16(2)11-5-6-20-8-11/h3-4,7,11H,5-6,8H2,1-2H3,(H,15,19)(H,17,18). The van der Waals surface area contributed by atoms with Crippen LogP contribution in [0.3, 0.4) is 0 Å². The van der Waals surface area contributed by atoms with Crippen LogP contribution in [0.5, 0.6) is 0 Å². The van der Waals surface area contributed by atoms with Crippen molar-refractivity contribution in [2.24, 2.45) is 0 Å². The summed E-state index contributed by atoms with van der Waals surface area (Å²) in [5.74, 6) is -0.980. The molecule has 0 radical (unpaired) electrons. The second-order valence-corrected chi connectivity index (χ2v) is 4.89. The predicted molar refractivity (Wildman–Crippen MR) is 74.1 cm³/mol. The largest absolute Gasteiger partial charge is 0.478 e. The first-order valence-electron chi connectivity index (χ1n) is 6.44. The van der Waals surface area contributed by atoms with E-state index in [-0.39, 0.29) is 17.6 Å². The molecule has 1 aromatic carbocycles. The van der Waals surface area contributed by atoms with Gasteiger partial charge in [0.1, 0.15) is 0 Å². The maximum absolute atomic E-state index is 12.1. The summed E-state index contributed by atoms with van der Waals surface area (Å²) in [4.78, 5) is 24.6. The molecule has 0 spiro atoms. The van der Waals surface area contributed by atoms with Gasteiger partial charge in [-0.05, 0) is 37.1 Å². The van der Waals surface area contributed by atoms with E-state index in [1.165, 1.54) is 12.1 Å². The lowest BCUT2D eigenvalue weighted by Crippen LogP contribution is -2.40. The number of ether oxygens (including phenoxy) is 1. The quantitative estimate of drug-likeness (QED) is 0.885. The van der Waals surface area contributed by atoms with Crippen molar-refractivity contribution in [2.45, 2.75) is 19.4 Å². The summed E-state index contributed by atoms with van der Waals surface area (Å²) < 4.78 is 5.26. The number of likely N-dealkylation sites (N-methyl/N-ethyl adjacent to an activating group) is 1. The van der Waals surface area contributed by atoms with Gasteiger partial charge in [0.05, 0.1) is 18.2 Å². The summed E-state index contributed by atoms with van der Waals surface area (Å²) in [7, 11) is 1.73. The minimum atomic E-state index is -0.980. The third-order valence-electron chi connectivity index (χ3n) is 3.49. The monoisotopic (exact) mass is 278 g/mol. The van der Waals surface area contributed by atoms with E-state index < -0.39 is 5.97 Å². The van der Waals surface area contributed by atoms with Crippen molar-refractivity contribution in [3.63, 3.8) is 0 Å². The Hall–Kier alpha value is -2.08. The molecule has 1 aliphatic heterocycles. The number of benzene rings is 1. The van der Waals surface area contributed by atoms with Crippen LogP contribution in [-0.4, -0.2) is 48.3 Å². The number of anilines is 1. The van der Waals surface area contributed by atoms with Crippen LogP contribution in [0, 0.1) is 6.92 Å². The number of carboxylic acids is 1. The number of amides is 2. The fourth-order valence-corrected chi connectivity index (χ4v) is 2.13. The van der Waals surface area contributed by atoms with Crippen LogP contribution in [0.25, 0.3) is 0 Å². The van der Waals surface area contributed by atoms with Crippen LogP contribution < -0.4 is 5.32 Å². The average molecular weight is 278 g/mol. The fourth-order valence-electron chi connectivity index (χ4n) is 2.13. The molecule has 1 fully saturated rings. The molecule has 0 aromatic heterocycles. The molecule has 2 N–H and O–H groups in total. The molecule has 1 aromatic rings. The number of hydrogen-bond acceptors (Lipinski definition) is 3. The highest BCUT2D eigenvalue weighted by Crippen LogP contribution is 2.18. The summed E-state index contributed by atoms with van der Waals surface area (Å²) in [5.41, 5.74) is 1.54. The molecule has 108 valence electrons. The molecule has 6 heteroatoms. The molecule has 0 saturated carbocycles. The minimum Gasteiger partial charge on any atom is -0.478 e. The predicted octanol–water partition coefficient (Wildman–Crippen LogP) is 1.95. The Morgan fingerprint density at radius 3 is 2.75 bits per heavy atom. The molecule has 2 rings (SSSR count). The molecule has 1 heterocycles. The Bertz CT molecular complexity index is 524. The third-order valence-corrected chi connectivity index (χ3v) is 3.49. The number of carbonyl (C=O) groups excluding carboxylic acids is 1. The maximum Gasteiger partial charge on any atom is 0.335 e. The van der Waals surface area contributed by atoms with Gasteiger partial charge in [-0.25, -0.2) is 9.59 Å². The SMILES string of the molecule is Cc1cc(C(=O)O)ccc1NC(=O)N(C)C1CCOC1. The van der Waals surface area contributed by atoms with Gasteiger partial charge in [-0.1, -0.05) is 0 Å². The Morgan fingerprint density at radius 2 is 2.20 bits per heavy atom. The summed E-state index contributed by atoms with van der Waals surface area (Å²) in [6.07, 6.45) is 0.834. The van der Waals surface area contributed by atoms with Gasteiger partial charge in [0.25, 0.3) is 0 Å². The number of carbonyl (C=O) groups is 2. The Labute approximate surface area is 117 Å². The molecule has 20 heavy (non-hydrogen) atoms. The van der Waals surface area contributed by atoms with Crippen molar-refractivity contribution in [3.8, 4) is 0 Å². The van der Waals surface area contributed by atoms with Gasteiger partial charge in [0, 0.05) is 19.3 Å². The molecule has 1 saturated heterocycles. The molecule has 0 bridgehead atoms. The zero-order valence-corrected chi connectivity index (χ0v) is 11.5. The normalized spacial score (nSPS) is 17.8. The van der Waals surface area contributed by atoms with Gasteiger partial charge in [0.2, 0.25) is 0 Å². The smallest absolute Gasteiger partial charge is 0.335 e. The van der Waals surface area contributed by atoms with Gasteiger partial charge >= 0.3 is 12.0 Å². The fraction of sp³-hybridized carbons (Fsp3) is 0.429. The molecule has 0 aliphatic carbocycles. The zero-order chi connectivity index (χ0) is 14.7. The van der Waals surface area contributed by atoms with Crippen molar-refractivity contribution in [2.75, 3.05) is 25.6 Å². The lowest BCUT2D eigenvalue weighted by molar-refractivity contribution is 0.0697. The van der Waals surface area contributed by atoms with Crippen LogP contribution in [0.2, 0.25) is 0 Å². The van der Waals surface area contributed by atoms with Crippen molar-refractivity contribution < 1.29 is 19.4 Å². The van der Waals surface area contributed by atoms with E-state index in [9.17, 15) is 9.59 Å². The number of aryl methyl sites for hydroxylation is 1. The number of urea groups is 1. The number of aromatic carboxylic acids is 1. The zero-order valence-electron chi connectivity index (χ0n) is 11.5. The number of nitrogens with zero attached hydrogens (tertiary/aromatic N) is 1. The lowest BCUT2D eigenvalue weighted by atomic mass is 10.1. The first-order chi connectivity index (χ1) is 9.49. The second-order valence-electron chi connectivity index (χ2n) is 4.89. The summed E-state index contributed by atoms with van der Waals surface area (Å²) in [6.45, 7) is 3.00. The molecule has 1 atom stereocenters. The molecule has 2 amide bonds. The van der Waals surface area contributed by atoms with Crippen molar-refractivity contribution in [1.29, 1.82) is 0 Å². The molecule has 6 nitrogen and oxygen atoms in total. The highest BCUT2D eigenvalue weighted by molar-refractivity contribution is 5.92. The Kier molecular flexibility index (Phi) is 4.24. The number of rotatable bonds is 3. The van der Waals surface area contributed by atoms with Gasteiger partial charge in [0.15, 0.2) is 0 Å². The van der Waals surface area contributed by atoms with Gasteiger partial charge in [-0.2, -0.15) is 0 Å². The van der Waals surface area contributed by atoms with E-state index >= 15 is 0 Å². The summed E-state index contributed by atoms with van der Waals surface area (Å²) in [5, 5.41) is 11.7. The van der Waals surface area contributed by atoms with E-state index in [1.54, 1.807) is 24.9 Å². The van der Waals surface area contributed by atoms with Crippen molar-refractivity contribution in [3.05, 3.63) is 29.3 Å². The molecular weight excluding hydrogens is 260 g/mol. The van der Waals surface area contributed by atoms with Gasteiger partial charge in [-0.3, -0.25) is 0 Å². The average Bonchev–Trinajstić information content (AvgIpc) is 2.93. The summed E-state index contributed by atoms with van der Waals surface area (Å²) in [6, 6.07) is 4.50. The second kappa shape index (κ2) is 5.92. The molecule has 1 unspecified atom stereocenters. The highest BCUT2D eigenvalue weighted by atomic mass is 16.5. The maximum atomic E-state index is 12.1. The van der Waals surface area contributed by atoms with E-state index in [0.29, 0.717) is 24.5 Å². The summed E-state index contributed by atoms with van der Waals surface area (Å²) >= 11 is 0. The lowest BCUT2D eigenvalue weighted by Gasteiger charge is -2.24. The van der Waals surface area contributed by atoms with Crippen molar-refractivity contribution in [1.82, 2.24) is 4.90 Å². The third kappa shape index (κ3) is 3.08. The van der Waals surface area contributed by atoms with Crippen LogP contribution in [-0.2, 0) is 4.74 Å². The van der Waals surface area contributed by atoms with E-state index in [1.807, 2.05) is 0 Å². The number of carboxylic acid groups (broad SMARTS) is 1. The first-order valence-corrected chi connectivity index (χ1v) is 6.44. The van der Waals surface area contributed by atoms with Crippen LogP contribution >= 0.6 is 0 Å². The van der Waals surface area contributed by atoms with Gasteiger partial charge < -0.3 is 20.1 Å². The highest BCUT2D eigenvalue weighted by Gasteiger charge is 2.24. The van der Waals surface area contributed by atoms with Crippen LogP contribution in [0.1, 0.15) is 22.3 Å². The molecular formula is C14H18N2O4. The Balaban J connectivity index is 2.05. The van der Waals surface area contributed by atoms with Crippen LogP contribution in [0.4, 0.5) is 10.5 Å². The van der Waals surface area contributed by atoms with Gasteiger partial charge in [-0.15, -0.1) is 0 Å². The van der Waals surface area contributed by atoms with E-state index in [2.05, 4.69) is 5.32 Å². The van der Waals surface area contributed by atoms with Crippen molar-refractivity contribution >= 4 is 17.7 Å². The Morgan fingerprint density at radius 1 is 1.45 bits per heavy atom. The van der Waals surface area contributed by atoms with Crippen LogP contribution in [0.15, 0.2) is 18.2 Å². The number of hydrogen-bond donors (Lipinski definition) is 2.